The molecule has 0 bridgehead atoms. The Labute approximate surface area is 145 Å². The molecular weight excluding hydrogens is 322 g/mol. The van der Waals surface area contributed by atoms with E-state index in [4.69, 9.17) is 4.74 Å². The molecule has 0 N–H and O–H groups in total. The molecule has 2 aromatic rings. The largest absolute Gasteiger partial charge is 0.497 e. The fourth-order valence-electron chi connectivity index (χ4n) is 3.15. The van der Waals surface area contributed by atoms with Gasteiger partial charge in [0.1, 0.15) is 17.6 Å². The minimum atomic E-state index is -0.525. The van der Waals surface area contributed by atoms with Crippen molar-refractivity contribution in [2.75, 3.05) is 13.7 Å². The molecule has 1 unspecified atom stereocenters. The van der Waals surface area contributed by atoms with Gasteiger partial charge in [0.25, 0.3) is 11.6 Å². The van der Waals surface area contributed by atoms with E-state index in [-0.39, 0.29) is 23.3 Å². The van der Waals surface area contributed by atoms with Gasteiger partial charge < -0.3 is 9.64 Å². The summed E-state index contributed by atoms with van der Waals surface area (Å²) in [5, 5.41) is 10.7. The number of carbonyl (C=O) groups excluding carboxylic acids is 1. The van der Waals surface area contributed by atoms with Gasteiger partial charge in [0.05, 0.1) is 12.0 Å². The lowest BCUT2D eigenvalue weighted by Gasteiger charge is -2.24. The number of rotatable bonds is 5. The molecule has 0 aliphatic carbocycles. The number of nitrogens with zero attached hydrogens (tertiary/aromatic N) is 3. The minimum absolute atomic E-state index is 0.0941. The van der Waals surface area contributed by atoms with Gasteiger partial charge in [-0.25, -0.2) is 4.98 Å². The number of nitro groups is 1. The zero-order valence-corrected chi connectivity index (χ0v) is 13.9. The smallest absolute Gasteiger partial charge is 0.287 e. The maximum atomic E-state index is 12.7. The third-order valence-corrected chi connectivity index (χ3v) is 4.42. The molecule has 130 valence electrons. The Morgan fingerprint density at radius 1 is 1.40 bits per heavy atom. The van der Waals surface area contributed by atoms with E-state index < -0.39 is 4.92 Å². The first kappa shape index (κ1) is 16.9. The summed E-state index contributed by atoms with van der Waals surface area (Å²) in [6.45, 7) is 0.673. The van der Waals surface area contributed by atoms with Gasteiger partial charge >= 0.3 is 0 Å². The average molecular weight is 341 g/mol. The van der Waals surface area contributed by atoms with Crippen molar-refractivity contribution >= 4 is 11.6 Å². The second kappa shape index (κ2) is 7.29. The fraction of sp³-hybridized carbons (Fsp3) is 0.333. The maximum Gasteiger partial charge on any atom is 0.287 e. The zero-order valence-electron chi connectivity index (χ0n) is 13.9. The van der Waals surface area contributed by atoms with Crippen molar-refractivity contribution in [3.8, 4) is 5.75 Å². The normalized spacial score (nSPS) is 16.7. The Morgan fingerprint density at radius 3 is 2.92 bits per heavy atom. The van der Waals surface area contributed by atoms with Crippen LogP contribution in [-0.4, -0.2) is 40.4 Å². The highest BCUT2D eigenvalue weighted by Gasteiger charge is 2.30. The van der Waals surface area contributed by atoms with Crippen LogP contribution < -0.4 is 4.74 Å². The van der Waals surface area contributed by atoms with E-state index in [0.717, 1.165) is 36.8 Å². The molecule has 2 heterocycles. The molecule has 7 heteroatoms. The van der Waals surface area contributed by atoms with Crippen LogP contribution in [0.1, 0.15) is 28.9 Å². The van der Waals surface area contributed by atoms with Crippen LogP contribution in [0.4, 0.5) is 5.69 Å². The molecule has 3 rings (SSSR count). The van der Waals surface area contributed by atoms with Gasteiger partial charge in [-0.2, -0.15) is 0 Å². The highest BCUT2D eigenvalue weighted by atomic mass is 16.6. The summed E-state index contributed by atoms with van der Waals surface area (Å²) < 4.78 is 5.25. The number of hydrogen-bond acceptors (Lipinski definition) is 5. The van der Waals surface area contributed by atoms with Crippen molar-refractivity contribution in [2.24, 2.45) is 0 Å². The third kappa shape index (κ3) is 3.76. The Kier molecular flexibility index (Phi) is 4.92. The van der Waals surface area contributed by atoms with E-state index in [1.165, 1.54) is 12.1 Å². The first-order chi connectivity index (χ1) is 12.1. The number of likely N-dealkylation sites (tertiary alicyclic amines) is 1. The van der Waals surface area contributed by atoms with E-state index >= 15 is 0 Å². The number of ether oxygens (including phenoxy) is 1. The van der Waals surface area contributed by atoms with Gasteiger partial charge in [-0.3, -0.25) is 14.9 Å². The van der Waals surface area contributed by atoms with Gasteiger partial charge in [0.2, 0.25) is 0 Å². The van der Waals surface area contributed by atoms with Gasteiger partial charge in [-0.15, -0.1) is 0 Å². The Balaban J connectivity index is 1.74. The van der Waals surface area contributed by atoms with E-state index in [9.17, 15) is 14.9 Å². The fourth-order valence-corrected chi connectivity index (χ4v) is 3.15. The molecule has 1 aromatic heterocycles. The molecule has 0 saturated carbocycles. The molecule has 1 amide bonds. The summed E-state index contributed by atoms with van der Waals surface area (Å²) in [5.41, 5.74) is 1.23. The number of hydrogen-bond donors (Lipinski definition) is 0. The number of methoxy groups -OCH3 is 1. The molecule has 1 aromatic carbocycles. The first-order valence-electron chi connectivity index (χ1n) is 8.13. The Morgan fingerprint density at radius 2 is 2.24 bits per heavy atom. The second-order valence-corrected chi connectivity index (χ2v) is 6.01. The zero-order chi connectivity index (χ0) is 17.8. The van der Waals surface area contributed by atoms with Crippen LogP contribution >= 0.6 is 0 Å². The van der Waals surface area contributed by atoms with Crippen LogP contribution in [0.3, 0.4) is 0 Å². The SMILES string of the molecule is COc1cccc(CC2CCCN2C(=O)c2ccc([N+](=O)[O-])cn2)c1. The van der Waals surface area contributed by atoms with Crippen LogP contribution in [0.25, 0.3) is 0 Å². The third-order valence-electron chi connectivity index (χ3n) is 4.42. The molecule has 25 heavy (non-hydrogen) atoms. The molecule has 0 radical (unpaired) electrons. The van der Waals surface area contributed by atoms with E-state index in [1.54, 1.807) is 7.11 Å². The quantitative estimate of drug-likeness (QED) is 0.616. The summed E-state index contributed by atoms with van der Waals surface area (Å²) in [4.78, 5) is 28.7. The van der Waals surface area contributed by atoms with Gasteiger partial charge in [0, 0.05) is 18.7 Å². The van der Waals surface area contributed by atoms with Crippen LogP contribution in [0.5, 0.6) is 5.75 Å². The summed E-state index contributed by atoms with van der Waals surface area (Å²) in [6.07, 6.45) is 3.74. The molecular formula is C18H19N3O4. The van der Waals surface area contributed by atoms with Crippen LogP contribution in [0.15, 0.2) is 42.6 Å². The van der Waals surface area contributed by atoms with Crippen molar-refractivity contribution in [3.63, 3.8) is 0 Å². The van der Waals surface area contributed by atoms with Crippen LogP contribution in [0, 0.1) is 10.1 Å². The molecule has 1 atom stereocenters. The molecule has 1 fully saturated rings. The van der Waals surface area contributed by atoms with E-state index in [1.807, 2.05) is 29.2 Å². The molecule has 1 saturated heterocycles. The lowest BCUT2D eigenvalue weighted by Crippen LogP contribution is -2.37. The predicted octanol–water partition coefficient (Wildman–Crippen LogP) is 2.85. The van der Waals surface area contributed by atoms with E-state index in [0.29, 0.717) is 6.54 Å². The van der Waals surface area contributed by atoms with Crippen molar-refractivity contribution < 1.29 is 14.5 Å². The van der Waals surface area contributed by atoms with Crippen molar-refractivity contribution in [1.82, 2.24) is 9.88 Å². The Hall–Kier alpha value is -2.96. The average Bonchev–Trinajstić information content (AvgIpc) is 3.09. The standard InChI is InChI=1S/C18H19N3O4/c1-25-16-6-2-4-13(11-16)10-14-5-3-9-20(14)18(22)17-8-7-15(12-19-17)21(23)24/h2,4,6-8,11-12,14H,3,5,9-10H2,1H3. The molecule has 1 aliphatic rings. The van der Waals surface area contributed by atoms with Crippen molar-refractivity contribution in [1.29, 1.82) is 0 Å². The topological polar surface area (TPSA) is 85.6 Å². The summed E-state index contributed by atoms with van der Waals surface area (Å²) >= 11 is 0. The monoisotopic (exact) mass is 341 g/mol. The lowest BCUT2D eigenvalue weighted by atomic mass is 10.0. The number of pyridine rings is 1. The Bertz CT molecular complexity index is 776. The van der Waals surface area contributed by atoms with Crippen molar-refractivity contribution in [3.05, 3.63) is 64.0 Å². The van der Waals surface area contributed by atoms with E-state index in [2.05, 4.69) is 4.98 Å². The van der Waals surface area contributed by atoms with Gasteiger partial charge in [-0.05, 0) is 43.0 Å². The highest BCUT2D eigenvalue weighted by Crippen LogP contribution is 2.24. The lowest BCUT2D eigenvalue weighted by molar-refractivity contribution is -0.385. The first-order valence-corrected chi connectivity index (χ1v) is 8.13. The second-order valence-electron chi connectivity index (χ2n) is 6.01. The number of amides is 1. The highest BCUT2D eigenvalue weighted by molar-refractivity contribution is 5.92. The predicted molar refractivity (Wildman–Crippen MR) is 91.6 cm³/mol. The maximum absolute atomic E-state index is 12.7. The summed E-state index contributed by atoms with van der Waals surface area (Å²) in [5.74, 6) is 0.616. The van der Waals surface area contributed by atoms with Crippen LogP contribution in [-0.2, 0) is 6.42 Å². The number of carbonyl (C=O) groups is 1. The van der Waals surface area contributed by atoms with Gasteiger partial charge in [-0.1, -0.05) is 12.1 Å². The van der Waals surface area contributed by atoms with Crippen molar-refractivity contribution in [2.45, 2.75) is 25.3 Å². The van der Waals surface area contributed by atoms with Crippen LogP contribution in [0.2, 0.25) is 0 Å². The minimum Gasteiger partial charge on any atom is -0.497 e. The summed E-state index contributed by atoms with van der Waals surface area (Å²) in [6, 6.07) is 10.7. The number of aromatic nitrogens is 1. The van der Waals surface area contributed by atoms with Gasteiger partial charge in [0.15, 0.2) is 0 Å². The summed E-state index contributed by atoms with van der Waals surface area (Å²) in [7, 11) is 1.63. The molecule has 0 spiro atoms. The molecule has 7 nitrogen and oxygen atoms in total. The number of benzene rings is 1. The molecule has 1 aliphatic heterocycles.